The summed E-state index contributed by atoms with van der Waals surface area (Å²) in [5.74, 6) is 0.0734. The maximum absolute atomic E-state index is 12.6. The Bertz CT molecular complexity index is 918. The smallest absolute Gasteiger partial charge is 0.268 e. The SMILES string of the molecule is CC(C)c1ccc(/C=C2/SC(=O)N(Cc3ccc([N+](=O)[O-])cc3)C2=O)cc1. The van der Waals surface area contributed by atoms with E-state index in [1.54, 1.807) is 18.2 Å². The van der Waals surface area contributed by atoms with E-state index < -0.39 is 4.92 Å². The summed E-state index contributed by atoms with van der Waals surface area (Å²) in [4.78, 5) is 36.6. The molecule has 138 valence electrons. The Kier molecular flexibility index (Phi) is 5.41. The second-order valence-electron chi connectivity index (χ2n) is 6.51. The standard InChI is InChI=1S/C20H18N2O4S/c1-13(2)16-7-3-14(4-8-16)11-18-19(23)21(20(24)27-18)12-15-5-9-17(10-6-15)22(25)26/h3-11,13H,12H2,1-2H3/b18-11+. The van der Waals surface area contributed by atoms with Gasteiger partial charge in [0.25, 0.3) is 16.8 Å². The van der Waals surface area contributed by atoms with Crippen molar-refractivity contribution < 1.29 is 14.5 Å². The van der Waals surface area contributed by atoms with E-state index >= 15 is 0 Å². The zero-order valence-electron chi connectivity index (χ0n) is 14.9. The van der Waals surface area contributed by atoms with Gasteiger partial charge in [0, 0.05) is 12.1 Å². The van der Waals surface area contributed by atoms with Gasteiger partial charge in [-0.25, -0.2) is 0 Å². The molecule has 0 radical (unpaired) electrons. The highest BCUT2D eigenvalue weighted by Crippen LogP contribution is 2.33. The number of benzene rings is 2. The van der Waals surface area contributed by atoms with Crippen LogP contribution in [0.4, 0.5) is 10.5 Å². The molecule has 0 atom stereocenters. The molecule has 0 aromatic heterocycles. The molecule has 1 saturated heterocycles. The summed E-state index contributed by atoms with van der Waals surface area (Å²) in [7, 11) is 0. The van der Waals surface area contributed by atoms with E-state index in [2.05, 4.69) is 13.8 Å². The van der Waals surface area contributed by atoms with Crippen LogP contribution in [0.5, 0.6) is 0 Å². The van der Waals surface area contributed by atoms with Gasteiger partial charge in [-0.3, -0.25) is 24.6 Å². The number of amides is 2. The summed E-state index contributed by atoms with van der Waals surface area (Å²) >= 11 is 0.905. The van der Waals surface area contributed by atoms with Crippen LogP contribution in [0.3, 0.4) is 0 Å². The van der Waals surface area contributed by atoms with Crippen LogP contribution >= 0.6 is 11.8 Å². The monoisotopic (exact) mass is 382 g/mol. The van der Waals surface area contributed by atoms with Crippen LogP contribution in [-0.2, 0) is 11.3 Å². The Hall–Kier alpha value is -2.93. The molecule has 0 spiro atoms. The summed E-state index contributed by atoms with van der Waals surface area (Å²) < 4.78 is 0. The molecule has 1 aliphatic rings. The quantitative estimate of drug-likeness (QED) is 0.415. The number of thioether (sulfide) groups is 1. The molecule has 6 nitrogen and oxygen atoms in total. The van der Waals surface area contributed by atoms with E-state index in [4.69, 9.17) is 0 Å². The fourth-order valence-electron chi connectivity index (χ4n) is 2.67. The van der Waals surface area contributed by atoms with Crippen molar-refractivity contribution in [2.24, 2.45) is 0 Å². The molecule has 1 aliphatic heterocycles. The lowest BCUT2D eigenvalue weighted by Crippen LogP contribution is -2.27. The van der Waals surface area contributed by atoms with E-state index in [1.165, 1.54) is 17.7 Å². The Labute approximate surface area is 161 Å². The predicted octanol–water partition coefficient (Wildman–Crippen LogP) is 4.95. The van der Waals surface area contributed by atoms with Gasteiger partial charge in [0.15, 0.2) is 0 Å². The number of nitro groups is 1. The molecule has 1 heterocycles. The zero-order chi connectivity index (χ0) is 19.6. The van der Waals surface area contributed by atoms with Crippen LogP contribution in [0.1, 0.15) is 36.5 Å². The summed E-state index contributed by atoms with van der Waals surface area (Å²) in [5.41, 5.74) is 2.70. The minimum Gasteiger partial charge on any atom is -0.268 e. The summed E-state index contributed by atoms with van der Waals surface area (Å²) in [5, 5.41) is 10.4. The van der Waals surface area contributed by atoms with Crippen LogP contribution in [0.15, 0.2) is 53.4 Å². The molecule has 0 N–H and O–H groups in total. The normalized spacial score (nSPS) is 15.8. The number of hydrogen-bond donors (Lipinski definition) is 0. The minimum absolute atomic E-state index is 0.0300. The van der Waals surface area contributed by atoms with Crippen molar-refractivity contribution in [3.8, 4) is 0 Å². The molecule has 0 aliphatic carbocycles. The molecule has 2 aromatic rings. The number of hydrogen-bond acceptors (Lipinski definition) is 5. The second-order valence-corrected chi connectivity index (χ2v) is 7.51. The van der Waals surface area contributed by atoms with Gasteiger partial charge in [-0.15, -0.1) is 0 Å². The topological polar surface area (TPSA) is 80.5 Å². The average molecular weight is 382 g/mol. The van der Waals surface area contributed by atoms with Crippen molar-refractivity contribution in [2.75, 3.05) is 0 Å². The predicted molar refractivity (Wildman–Crippen MR) is 105 cm³/mol. The number of rotatable bonds is 5. The maximum Gasteiger partial charge on any atom is 0.293 e. The van der Waals surface area contributed by atoms with E-state index in [9.17, 15) is 19.7 Å². The van der Waals surface area contributed by atoms with Crippen molar-refractivity contribution in [1.82, 2.24) is 4.90 Å². The van der Waals surface area contributed by atoms with Crippen molar-refractivity contribution in [2.45, 2.75) is 26.3 Å². The lowest BCUT2D eigenvalue weighted by atomic mass is 10.0. The molecule has 0 bridgehead atoms. The molecule has 7 heteroatoms. The molecule has 27 heavy (non-hydrogen) atoms. The molecule has 3 rings (SSSR count). The molecule has 0 unspecified atom stereocenters. The Balaban J connectivity index is 1.75. The largest absolute Gasteiger partial charge is 0.293 e. The van der Waals surface area contributed by atoms with Crippen LogP contribution in [0, 0.1) is 10.1 Å². The van der Waals surface area contributed by atoms with Crippen LogP contribution < -0.4 is 0 Å². The Morgan fingerprint density at radius 2 is 1.70 bits per heavy atom. The highest BCUT2D eigenvalue weighted by Gasteiger charge is 2.35. The van der Waals surface area contributed by atoms with Crippen LogP contribution in [0.25, 0.3) is 6.08 Å². The van der Waals surface area contributed by atoms with Crippen molar-refractivity contribution in [1.29, 1.82) is 0 Å². The third-order valence-corrected chi connectivity index (χ3v) is 5.17. The van der Waals surface area contributed by atoms with E-state index in [1.807, 2.05) is 24.3 Å². The first-order valence-electron chi connectivity index (χ1n) is 8.44. The number of nitro benzene ring substituents is 1. The second kappa shape index (κ2) is 7.75. The van der Waals surface area contributed by atoms with Gasteiger partial charge in [-0.2, -0.15) is 0 Å². The van der Waals surface area contributed by atoms with Crippen LogP contribution in [0.2, 0.25) is 0 Å². The highest BCUT2D eigenvalue weighted by atomic mass is 32.2. The van der Waals surface area contributed by atoms with E-state index in [-0.39, 0.29) is 23.4 Å². The first kappa shape index (κ1) is 18.8. The van der Waals surface area contributed by atoms with Crippen molar-refractivity contribution >= 4 is 34.7 Å². The molecular weight excluding hydrogens is 364 g/mol. The fraction of sp³-hybridized carbons (Fsp3) is 0.200. The third kappa shape index (κ3) is 4.25. The highest BCUT2D eigenvalue weighted by molar-refractivity contribution is 8.18. The van der Waals surface area contributed by atoms with Gasteiger partial charge < -0.3 is 0 Å². The van der Waals surface area contributed by atoms with E-state index in [0.29, 0.717) is 16.4 Å². The van der Waals surface area contributed by atoms with Crippen molar-refractivity contribution in [3.05, 3.63) is 80.2 Å². The number of nitrogens with zero attached hydrogens (tertiary/aromatic N) is 2. The first-order valence-corrected chi connectivity index (χ1v) is 9.25. The van der Waals surface area contributed by atoms with Gasteiger partial charge in [-0.1, -0.05) is 50.2 Å². The number of carbonyl (C=O) groups is 2. The number of imide groups is 1. The third-order valence-electron chi connectivity index (χ3n) is 4.26. The van der Waals surface area contributed by atoms with Gasteiger partial charge >= 0.3 is 0 Å². The van der Waals surface area contributed by atoms with Gasteiger partial charge in [0.05, 0.1) is 16.4 Å². The maximum atomic E-state index is 12.6. The summed E-state index contributed by atoms with van der Waals surface area (Å²) in [6.45, 7) is 4.31. The minimum atomic E-state index is -0.489. The van der Waals surface area contributed by atoms with Crippen LogP contribution in [-0.4, -0.2) is 21.0 Å². The van der Waals surface area contributed by atoms with Gasteiger partial charge in [0.1, 0.15) is 0 Å². The summed E-state index contributed by atoms with van der Waals surface area (Å²) in [6.07, 6.45) is 1.71. The van der Waals surface area contributed by atoms with Gasteiger partial charge in [-0.05, 0) is 40.4 Å². The van der Waals surface area contributed by atoms with E-state index in [0.717, 1.165) is 22.2 Å². The number of non-ortho nitro benzene ring substituents is 1. The zero-order valence-corrected chi connectivity index (χ0v) is 15.7. The fourth-order valence-corrected chi connectivity index (χ4v) is 3.51. The lowest BCUT2D eigenvalue weighted by Gasteiger charge is -2.12. The Morgan fingerprint density at radius 1 is 1.07 bits per heavy atom. The molecule has 2 amide bonds. The van der Waals surface area contributed by atoms with Gasteiger partial charge in [0.2, 0.25) is 0 Å². The Morgan fingerprint density at radius 3 is 2.26 bits per heavy atom. The lowest BCUT2D eigenvalue weighted by molar-refractivity contribution is -0.384. The summed E-state index contributed by atoms with van der Waals surface area (Å²) in [6, 6.07) is 13.7. The molecule has 2 aromatic carbocycles. The molecule has 0 saturated carbocycles. The van der Waals surface area contributed by atoms with Crippen molar-refractivity contribution in [3.63, 3.8) is 0 Å². The first-order chi connectivity index (χ1) is 12.8. The molecule has 1 fully saturated rings. The average Bonchev–Trinajstić information content (AvgIpc) is 2.90. The number of carbonyl (C=O) groups excluding carboxylic acids is 2. The molecular formula is C20H18N2O4S.